The molecule has 1 aromatic carbocycles. The van der Waals surface area contributed by atoms with Crippen molar-refractivity contribution in [1.82, 2.24) is 0 Å². The van der Waals surface area contributed by atoms with E-state index in [-0.39, 0.29) is 0 Å². The standard InChI is InChI=1S/C10H14INO/c1-7-4-5-10(13-3)9(6-7)8(2)11-12/h4-6,8,12H,1-3H3. The minimum Gasteiger partial charge on any atom is -0.496 e. The van der Waals surface area contributed by atoms with Crippen LogP contribution in [0.1, 0.15) is 22.0 Å². The van der Waals surface area contributed by atoms with Gasteiger partial charge in [-0.25, -0.2) is 0 Å². The van der Waals surface area contributed by atoms with Gasteiger partial charge in [0, 0.05) is 9.49 Å². The Morgan fingerprint density at radius 1 is 1.46 bits per heavy atom. The lowest BCUT2D eigenvalue weighted by molar-refractivity contribution is 0.410. The number of alkyl halides is 1. The van der Waals surface area contributed by atoms with E-state index in [9.17, 15) is 0 Å². The second kappa shape index (κ2) is 4.69. The number of ether oxygens (including phenoxy) is 1. The number of hydrogen-bond donors (Lipinski definition) is 1. The van der Waals surface area contributed by atoms with Crippen molar-refractivity contribution in [3.63, 3.8) is 0 Å². The van der Waals surface area contributed by atoms with Crippen molar-refractivity contribution in [3.8, 4) is 5.75 Å². The molecule has 0 saturated carbocycles. The van der Waals surface area contributed by atoms with E-state index in [1.54, 1.807) is 7.11 Å². The first kappa shape index (κ1) is 10.6. The van der Waals surface area contributed by atoms with Crippen LogP contribution < -0.4 is 4.74 Å². The molecule has 72 valence electrons. The van der Waals surface area contributed by atoms with Gasteiger partial charge < -0.3 is 4.74 Å². The Kier molecular flexibility index (Phi) is 3.84. The van der Waals surface area contributed by atoms with E-state index in [4.69, 9.17) is 8.30 Å². The van der Waals surface area contributed by atoms with Gasteiger partial charge in [-0.3, -0.25) is 3.56 Å². The molecule has 1 rings (SSSR count). The third-order valence-corrected chi connectivity index (χ3v) is 3.58. The van der Waals surface area contributed by atoms with Crippen molar-refractivity contribution < 1.29 is 4.74 Å². The smallest absolute Gasteiger partial charge is 0.123 e. The molecule has 13 heavy (non-hydrogen) atoms. The number of methoxy groups -OCH3 is 1. The van der Waals surface area contributed by atoms with Gasteiger partial charge in [0.25, 0.3) is 0 Å². The quantitative estimate of drug-likeness (QED) is 0.667. The normalized spacial score (nSPS) is 12.5. The molecule has 2 nitrogen and oxygen atoms in total. The van der Waals surface area contributed by atoms with Gasteiger partial charge in [0.05, 0.1) is 7.11 Å². The van der Waals surface area contributed by atoms with Crippen LogP contribution in [0.15, 0.2) is 18.2 Å². The van der Waals surface area contributed by atoms with Gasteiger partial charge in [-0.2, -0.15) is 0 Å². The Balaban J connectivity index is 3.14. The first-order valence-corrected chi connectivity index (χ1v) is 6.45. The first-order chi connectivity index (χ1) is 6.19. The summed E-state index contributed by atoms with van der Waals surface area (Å²) in [6.45, 7) is 4.16. The van der Waals surface area contributed by atoms with E-state index in [1.165, 1.54) is 11.1 Å². The summed E-state index contributed by atoms with van der Waals surface area (Å²) < 4.78 is 13.1. The maximum absolute atomic E-state index is 7.44. The molecule has 0 aliphatic heterocycles. The van der Waals surface area contributed by atoms with Crippen LogP contribution in [0.25, 0.3) is 0 Å². The number of nitrogens with one attached hydrogen (secondary N) is 1. The van der Waals surface area contributed by atoms with E-state index in [1.807, 2.05) is 12.1 Å². The zero-order chi connectivity index (χ0) is 9.84. The van der Waals surface area contributed by atoms with Gasteiger partial charge >= 0.3 is 0 Å². The molecule has 0 spiro atoms. The SMILES string of the molecule is COc1ccc(C)cc1C(C)I=N. The molecule has 0 aromatic heterocycles. The van der Waals surface area contributed by atoms with Gasteiger partial charge in [-0.15, -0.1) is 0 Å². The molecule has 1 unspecified atom stereocenters. The predicted molar refractivity (Wildman–Crippen MR) is 62.9 cm³/mol. The third kappa shape index (κ3) is 2.49. The Bertz CT molecular complexity index is 312. The number of benzene rings is 1. The highest BCUT2D eigenvalue weighted by Crippen LogP contribution is 2.34. The zero-order valence-corrected chi connectivity index (χ0v) is 10.3. The Hall–Kier alpha value is -0.450. The maximum Gasteiger partial charge on any atom is 0.123 e. The minimum absolute atomic E-state index is 0.355. The molecule has 0 aliphatic rings. The van der Waals surface area contributed by atoms with Crippen LogP contribution in [0.2, 0.25) is 0 Å². The van der Waals surface area contributed by atoms with Crippen LogP contribution in [0.4, 0.5) is 0 Å². The molecule has 0 bridgehead atoms. The van der Waals surface area contributed by atoms with Gasteiger partial charge in [0.2, 0.25) is 0 Å². The second-order valence-electron chi connectivity index (χ2n) is 2.97. The topological polar surface area (TPSA) is 33.1 Å². The molecule has 0 radical (unpaired) electrons. The molecule has 0 aliphatic carbocycles. The zero-order valence-electron chi connectivity index (χ0n) is 8.10. The molecule has 0 fully saturated rings. The predicted octanol–water partition coefficient (Wildman–Crippen LogP) is 3.80. The lowest BCUT2D eigenvalue weighted by atomic mass is 10.1. The lowest BCUT2D eigenvalue weighted by Crippen LogP contribution is -1.92. The van der Waals surface area contributed by atoms with Crippen molar-refractivity contribution in [2.45, 2.75) is 17.8 Å². The van der Waals surface area contributed by atoms with Gasteiger partial charge in [0.1, 0.15) is 5.75 Å². The summed E-state index contributed by atoms with van der Waals surface area (Å²) in [5.74, 6) is 0.921. The van der Waals surface area contributed by atoms with Crippen molar-refractivity contribution in [2.75, 3.05) is 7.11 Å². The van der Waals surface area contributed by atoms with Gasteiger partial charge in [0.15, 0.2) is 0 Å². The number of aryl methyl sites for hydroxylation is 1. The summed E-state index contributed by atoms with van der Waals surface area (Å²) in [7, 11) is 1.68. The molecular formula is C10H14INO. The molecule has 1 atom stereocenters. The fraction of sp³-hybridized carbons (Fsp3) is 0.400. The number of halogens is 1. The molecule has 0 amide bonds. The van der Waals surface area contributed by atoms with Gasteiger partial charge in [-0.1, -0.05) is 17.7 Å². The lowest BCUT2D eigenvalue weighted by Gasteiger charge is -2.11. The summed E-state index contributed by atoms with van der Waals surface area (Å²) in [5, 5.41) is 0. The van der Waals surface area contributed by atoms with E-state index >= 15 is 0 Å². The Morgan fingerprint density at radius 3 is 2.69 bits per heavy atom. The highest BCUT2D eigenvalue weighted by molar-refractivity contribution is 14.1. The highest BCUT2D eigenvalue weighted by Gasteiger charge is 2.09. The number of hydrogen-bond acceptors (Lipinski definition) is 2. The molecule has 0 saturated heterocycles. The van der Waals surface area contributed by atoms with Crippen LogP contribution in [-0.4, -0.2) is 7.11 Å². The molecule has 0 heterocycles. The largest absolute Gasteiger partial charge is 0.496 e. The maximum atomic E-state index is 7.44. The molecule has 1 aromatic rings. The van der Waals surface area contributed by atoms with E-state index < -0.39 is 21.0 Å². The molecule has 1 N–H and O–H groups in total. The van der Waals surface area contributed by atoms with Crippen LogP contribution in [0, 0.1) is 10.5 Å². The fourth-order valence-corrected chi connectivity index (χ4v) is 2.05. The van der Waals surface area contributed by atoms with E-state index in [0.717, 1.165) is 5.75 Å². The van der Waals surface area contributed by atoms with Crippen molar-refractivity contribution in [2.24, 2.45) is 0 Å². The fourth-order valence-electron chi connectivity index (χ4n) is 1.22. The summed E-state index contributed by atoms with van der Waals surface area (Å²) in [6.07, 6.45) is 0. The summed E-state index contributed by atoms with van der Waals surface area (Å²) >= 11 is -0.500. The second-order valence-corrected chi connectivity index (χ2v) is 5.46. The monoisotopic (exact) mass is 291 g/mol. The van der Waals surface area contributed by atoms with Crippen molar-refractivity contribution in [3.05, 3.63) is 29.3 Å². The summed E-state index contributed by atoms with van der Waals surface area (Å²) in [6, 6.07) is 6.15. The molecular weight excluding hydrogens is 277 g/mol. The van der Waals surface area contributed by atoms with Crippen LogP contribution >= 0.6 is 21.0 Å². The average molecular weight is 291 g/mol. The van der Waals surface area contributed by atoms with Crippen molar-refractivity contribution >= 4 is 21.0 Å². The van der Waals surface area contributed by atoms with Crippen LogP contribution in [0.3, 0.4) is 0 Å². The minimum atomic E-state index is -0.500. The highest BCUT2D eigenvalue weighted by atomic mass is 127. The van der Waals surface area contributed by atoms with Crippen LogP contribution in [-0.2, 0) is 0 Å². The summed E-state index contributed by atoms with van der Waals surface area (Å²) in [5.41, 5.74) is 2.42. The number of rotatable bonds is 3. The van der Waals surface area contributed by atoms with E-state index in [0.29, 0.717) is 3.92 Å². The van der Waals surface area contributed by atoms with E-state index in [2.05, 4.69) is 19.9 Å². The third-order valence-electron chi connectivity index (χ3n) is 1.98. The average Bonchev–Trinajstić information content (AvgIpc) is 2.16. The molecule has 3 heteroatoms. The summed E-state index contributed by atoms with van der Waals surface area (Å²) in [4.78, 5) is 0. The first-order valence-electron chi connectivity index (χ1n) is 4.12. The van der Waals surface area contributed by atoms with Crippen molar-refractivity contribution in [1.29, 1.82) is 3.56 Å². The van der Waals surface area contributed by atoms with Gasteiger partial charge in [-0.05, 0) is 40.9 Å². The Labute approximate surface area is 89.3 Å². The Morgan fingerprint density at radius 2 is 2.15 bits per heavy atom. The van der Waals surface area contributed by atoms with Crippen LogP contribution in [0.5, 0.6) is 5.75 Å².